The van der Waals surface area contributed by atoms with Crippen LogP contribution in [-0.2, 0) is 19.1 Å². The third-order valence-corrected chi connectivity index (χ3v) is 4.62. The maximum Gasteiger partial charge on any atom is 0.343 e. The lowest BCUT2D eigenvalue weighted by Gasteiger charge is -2.14. The Hall–Kier alpha value is -3.33. The molecule has 3 rings (SSSR count). The highest BCUT2D eigenvalue weighted by Crippen LogP contribution is 2.37. The molecule has 1 saturated heterocycles. The van der Waals surface area contributed by atoms with E-state index in [1.165, 1.54) is 25.3 Å². The Balaban J connectivity index is 1.89. The molecule has 1 aliphatic heterocycles. The van der Waals surface area contributed by atoms with E-state index < -0.39 is 17.8 Å². The summed E-state index contributed by atoms with van der Waals surface area (Å²) in [7, 11) is 2.70. The minimum Gasteiger partial charge on any atom is -0.493 e. The second kappa shape index (κ2) is 8.78. The van der Waals surface area contributed by atoms with Crippen molar-refractivity contribution >= 4 is 45.5 Å². The second-order valence-electron chi connectivity index (χ2n) is 5.87. The number of carbonyl (C=O) groups excluding carboxylic acids is 3. The van der Waals surface area contributed by atoms with E-state index in [9.17, 15) is 14.4 Å². The van der Waals surface area contributed by atoms with Gasteiger partial charge in [0, 0.05) is 0 Å². The van der Waals surface area contributed by atoms with Crippen LogP contribution in [0.2, 0.25) is 0 Å². The number of hydrogen-bond donors (Lipinski definition) is 1. The molecule has 0 radical (unpaired) electrons. The Labute approximate surface area is 175 Å². The fourth-order valence-corrected chi connectivity index (χ4v) is 3.21. The van der Waals surface area contributed by atoms with E-state index >= 15 is 0 Å². The van der Waals surface area contributed by atoms with Gasteiger partial charge in [-0.2, -0.15) is 0 Å². The standard InChI is InChI=1S/C20H17BrN2O6/c1-27-16-10-12(9-15(21)18(16)29-11-17(24)28-2)8-14-19(25)22-23(20(14)26)13-6-4-3-5-7-13/h3-10H,11H2,1-2H3,(H,22,25)/b14-8-. The lowest BCUT2D eigenvalue weighted by molar-refractivity contribution is -0.143. The molecule has 0 aromatic heterocycles. The molecule has 0 unspecified atom stereocenters. The van der Waals surface area contributed by atoms with Gasteiger partial charge < -0.3 is 14.2 Å². The number of para-hydroxylation sites is 1. The van der Waals surface area contributed by atoms with Gasteiger partial charge in [-0.25, -0.2) is 9.80 Å². The molecule has 150 valence electrons. The van der Waals surface area contributed by atoms with Crippen molar-refractivity contribution in [2.75, 3.05) is 25.8 Å². The van der Waals surface area contributed by atoms with Crippen LogP contribution in [0.4, 0.5) is 5.69 Å². The van der Waals surface area contributed by atoms with E-state index in [1.54, 1.807) is 36.4 Å². The van der Waals surface area contributed by atoms with Crippen LogP contribution >= 0.6 is 15.9 Å². The Morgan fingerprint density at radius 1 is 1.17 bits per heavy atom. The fourth-order valence-electron chi connectivity index (χ4n) is 2.64. The highest BCUT2D eigenvalue weighted by Gasteiger charge is 2.34. The lowest BCUT2D eigenvalue weighted by Crippen LogP contribution is -2.35. The molecule has 0 aliphatic carbocycles. The molecule has 9 heteroatoms. The Bertz CT molecular complexity index is 990. The minimum atomic E-state index is -0.542. The Morgan fingerprint density at radius 2 is 1.90 bits per heavy atom. The number of amides is 2. The zero-order valence-electron chi connectivity index (χ0n) is 15.6. The molecule has 1 fully saturated rings. The monoisotopic (exact) mass is 460 g/mol. The summed E-state index contributed by atoms with van der Waals surface area (Å²) >= 11 is 3.36. The molecule has 0 atom stereocenters. The highest BCUT2D eigenvalue weighted by molar-refractivity contribution is 9.10. The molecule has 8 nitrogen and oxygen atoms in total. The average molecular weight is 461 g/mol. The van der Waals surface area contributed by atoms with E-state index in [2.05, 4.69) is 26.1 Å². The van der Waals surface area contributed by atoms with Gasteiger partial charge in [0.05, 0.1) is 24.4 Å². The van der Waals surface area contributed by atoms with Crippen LogP contribution in [0.3, 0.4) is 0 Å². The molecule has 0 spiro atoms. The number of esters is 1. The molecule has 29 heavy (non-hydrogen) atoms. The summed E-state index contributed by atoms with van der Waals surface area (Å²) < 4.78 is 15.8. The van der Waals surface area contributed by atoms with Crippen LogP contribution in [-0.4, -0.2) is 38.6 Å². The quantitative estimate of drug-likeness (QED) is 0.404. The summed E-state index contributed by atoms with van der Waals surface area (Å²) in [5.74, 6) is -0.907. The first-order chi connectivity index (χ1) is 13.9. The molecule has 2 aromatic rings. The van der Waals surface area contributed by atoms with E-state index in [0.717, 1.165) is 0 Å². The molecular weight excluding hydrogens is 444 g/mol. The molecular formula is C20H17BrN2O6. The second-order valence-corrected chi connectivity index (χ2v) is 6.73. The van der Waals surface area contributed by atoms with E-state index in [4.69, 9.17) is 9.47 Å². The van der Waals surface area contributed by atoms with Gasteiger partial charge in [0.2, 0.25) is 0 Å². The summed E-state index contributed by atoms with van der Waals surface area (Å²) in [6.07, 6.45) is 1.46. The predicted octanol–water partition coefficient (Wildman–Crippen LogP) is 2.47. The molecule has 1 heterocycles. The number of methoxy groups -OCH3 is 2. The summed E-state index contributed by atoms with van der Waals surface area (Å²) in [6.45, 7) is -0.293. The van der Waals surface area contributed by atoms with Gasteiger partial charge in [-0.3, -0.25) is 15.0 Å². The lowest BCUT2D eigenvalue weighted by atomic mass is 10.1. The minimum absolute atomic E-state index is 0.0222. The molecule has 1 N–H and O–H groups in total. The molecule has 1 aliphatic rings. The van der Waals surface area contributed by atoms with Crippen molar-refractivity contribution in [1.29, 1.82) is 0 Å². The van der Waals surface area contributed by atoms with Crippen LogP contribution in [0.25, 0.3) is 6.08 Å². The van der Waals surface area contributed by atoms with Crippen molar-refractivity contribution in [2.45, 2.75) is 0 Å². The number of nitrogens with zero attached hydrogens (tertiary/aromatic N) is 1. The van der Waals surface area contributed by atoms with Crippen molar-refractivity contribution in [3.63, 3.8) is 0 Å². The van der Waals surface area contributed by atoms with Crippen LogP contribution in [0, 0.1) is 0 Å². The van der Waals surface area contributed by atoms with Gasteiger partial charge in [-0.15, -0.1) is 0 Å². The van der Waals surface area contributed by atoms with Crippen molar-refractivity contribution in [1.82, 2.24) is 5.43 Å². The summed E-state index contributed by atoms with van der Waals surface area (Å²) in [4.78, 5) is 36.3. The normalized spacial score (nSPS) is 14.7. The van der Waals surface area contributed by atoms with E-state index in [1.807, 2.05) is 6.07 Å². The number of hydrazine groups is 1. The van der Waals surface area contributed by atoms with Crippen molar-refractivity contribution in [2.24, 2.45) is 0 Å². The van der Waals surface area contributed by atoms with Crippen LogP contribution in [0.1, 0.15) is 5.56 Å². The summed E-state index contributed by atoms with van der Waals surface area (Å²) in [6, 6.07) is 12.0. The van der Waals surface area contributed by atoms with E-state index in [0.29, 0.717) is 27.2 Å². The number of ether oxygens (including phenoxy) is 3. The third-order valence-electron chi connectivity index (χ3n) is 4.03. The topological polar surface area (TPSA) is 94.2 Å². The largest absolute Gasteiger partial charge is 0.493 e. The van der Waals surface area contributed by atoms with Gasteiger partial charge in [-0.1, -0.05) is 18.2 Å². The van der Waals surface area contributed by atoms with Gasteiger partial charge in [0.25, 0.3) is 11.8 Å². The maximum absolute atomic E-state index is 12.7. The number of halogens is 1. The summed E-state index contributed by atoms with van der Waals surface area (Å²) in [5.41, 5.74) is 3.61. The van der Waals surface area contributed by atoms with Crippen LogP contribution in [0.15, 0.2) is 52.5 Å². The highest BCUT2D eigenvalue weighted by atomic mass is 79.9. The Morgan fingerprint density at radius 3 is 2.55 bits per heavy atom. The summed E-state index contributed by atoms with van der Waals surface area (Å²) in [5, 5.41) is 1.19. The van der Waals surface area contributed by atoms with Gasteiger partial charge in [0.15, 0.2) is 18.1 Å². The van der Waals surface area contributed by atoms with Crippen molar-refractivity contribution < 1.29 is 28.6 Å². The number of carbonyl (C=O) groups is 3. The van der Waals surface area contributed by atoms with Gasteiger partial charge >= 0.3 is 5.97 Å². The first-order valence-electron chi connectivity index (χ1n) is 8.44. The van der Waals surface area contributed by atoms with Crippen LogP contribution < -0.4 is 19.9 Å². The Kier molecular flexibility index (Phi) is 6.18. The van der Waals surface area contributed by atoms with E-state index in [-0.39, 0.29) is 12.2 Å². The fraction of sp³-hybridized carbons (Fsp3) is 0.150. The van der Waals surface area contributed by atoms with Crippen molar-refractivity contribution in [3.05, 3.63) is 58.1 Å². The van der Waals surface area contributed by atoms with Gasteiger partial charge in [0.1, 0.15) is 5.57 Å². The first-order valence-corrected chi connectivity index (χ1v) is 9.23. The average Bonchev–Trinajstić information content (AvgIpc) is 3.01. The molecule has 0 saturated carbocycles. The van der Waals surface area contributed by atoms with Gasteiger partial charge in [-0.05, 0) is 51.8 Å². The number of rotatable bonds is 6. The number of anilines is 1. The first kappa shape index (κ1) is 20.4. The maximum atomic E-state index is 12.7. The van der Waals surface area contributed by atoms with Crippen molar-refractivity contribution in [3.8, 4) is 11.5 Å². The predicted molar refractivity (Wildman–Crippen MR) is 108 cm³/mol. The number of hydrogen-bond acceptors (Lipinski definition) is 6. The van der Waals surface area contributed by atoms with Crippen LogP contribution in [0.5, 0.6) is 11.5 Å². The molecule has 2 aromatic carbocycles. The number of nitrogens with one attached hydrogen (secondary N) is 1. The third kappa shape index (κ3) is 4.40. The smallest absolute Gasteiger partial charge is 0.343 e. The zero-order valence-corrected chi connectivity index (χ0v) is 17.2. The number of benzene rings is 2. The zero-order chi connectivity index (χ0) is 21.0. The molecule has 2 amide bonds. The SMILES string of the molecule is COC(=O)COc1c(Br)cc(/C=C2/C(=O)NN(c3ccccc3)C2=O)cc1OC. The molecule has 0 bridgehead atoms.